The Morgan fingerprint density at radius 1 is 1.25 bits per heavy atom. The highest BCUT2D eigenvalue weighted by molar-refractivity contribution is 5.79. The van der Waals surface area contributed by atoms with Crippen LogP contribution in [-0.4, -0.2) is 31.5 Å². The number of hydrogen-bond acceptors (Lipinski definition) is 1. The van der Waals surface area contributed by atoms with Crippen LogP contribution in [0, 0.1) is 0 Å². The molecule has 0 unspecified atom stereocenters. The van der Waals surface area contributed by atoms with Crippen molar-refractivity contribution in [1.82, 2.24) is 10.2 Å². The molecule has 0 aliphatic heterocycles. The lowest BCUT2D eigenvalue weighted by atomic mass is 10.1. The highest BCUT2D eigenvalue weighted by Gasteiger charge is 2.29. The van der Waals surface area contributed by atoms with Gasteiger partial charge in [-0.2, -0.15) is 13.2 Å². The normalized spacial score (nSPS) is 12.4. The minimum absolute atomic E-state index is 0.502. The molecule has 0 fully saturated rings. The maximum absolute atomic E-state index is 12.5. The standard InChI is InChI=1S/C14H20F3N3/c1-4-9-19-13(18-2)20(3)10-11-5-7-12(8-6-11)14(15,16)17/h5-8H,4,9-10H2,1-3H3,(H,18,19). The van der Waals surface area contributed by atoms with E-state index in [9.17, 15) is 13.2 Å². The monoisotopic (exact) mass is 287 g/mol. The predicted molar refractivity (Wildman–Crippen MR) is 74.6 cm³/mol. The van der Waals surface area contributed by atoms with E-state index in [4.69, 9.17) is 0 Å². The molecule has 0 saturated heterocycles. The molecule has 0 heterocycles. The third-order valence-electron chi connectivity index (χ3n) is 2.81. The van der Waals surface area contributed by atoms with Gasteiger partial charge in [-0.05, 0) is 24.1 Å². The van der Waals surface area contributed by atoms with Crippen molar-refractivity contribution in [2.24, 2.45) is 4.99 Å². The van der Waals surface area contributed by atoms with Crippen LogP contribution >= 0.6 is 0 Å². The summed E-state index contributed by atoms with van der Waals surface area (Å²) in [6, 6.07) is 5.19. The predicted octanol–water partition coefficient (Wildman–Crippen LogP) is 3.12. The summed E-state index contributed by atoms with van der Waals surface area (Å²) in [5.41, 5.74) is 0.178. The Labute approximate surface area is 117 Å². The first-order valence-electron chi connectivity index (χ1n) is 6.46. The molecule has 0 spiro atoms. The molecule has 0 amide bonds. The van der Waals surface area contributed by atoms with E-state index < -0.39 is 11.7 Å². The minimum atomic E-state index is -4.29. The van der Waals surface area contributed by atoms with E-state index in [-0.39, 0.29) is 0 Å². The van der Waals surface area contributed by atoms with E-state index in [2.05, 4.69) is 17.2 Å². The second-order valence-electron chi connectivity index (χ2n) is 4.52. The average molecular weight is 287 g/mol. The zero-order valence-corrected chi connectivity index (χ0v) is 12.0. The van der Waals surface area contributed by atoms with Crippen LogP contribution in [0.15, 0.2) is 29.3 Å². The Kier molecular flexibility index (Phi) is 5.85. The largest absolute Gasteiger partial charge is 0.416 e. The van der Waals surface area contributed by atoms with Crippen molar-refractivity contribution < 1.29 is 13.2 Å². The van der Waals surface area contributed by atoms with Crippen LogP contribution in [0.2, 0.25) is 0 Å². The molecule has 0 aliphatic rings. The Hall–Kier alpha value is -1.72. The number of nitrogens with zero attached hydrogens (tertiary/aromatic N) is 2. The molecule has 1 N–H and O–H groups in total. The molecule has 1 rings (SSSR count). The number of guanidine groups is 1. The lowest BCUT2D eigenvalue weighted by molar-refractivity contribution is -0.137. The fourth-order valence-electron chi connectivity index (χ4n) is 1.77. The van der Waals surface area contributed by atoms with Crippen LogP contribution in [0.25, 0.3) is 0 Å². The third kappa shape index (κ3) is 4.75. The summed E-state index contributed by atoms with van der Waals surface area (Å²) in [6.07, 6.45) is -3.31. The van der Waals surface area contributed by atoms with Gasteiger partial charge in [0.1, 0.15) is 0 Å². The Morgan fingerprint density at radius 3 is 2.30 bits per heavy atom. The summed E-state index contributed by atoms with van der Waals surface area (Å²) in [5, 5.41) is 3.17. The Balaban J connectivity index is 2.68. The van der Waals surface area contributed by atoms with Gasteiger partial charge in [0.25, 0.3) is 0 Å². The topological polar surface area (TPSA) is 27.6 Å². The third-order valence-corrected chi connectivity index (χ3v) is 2.81. The molecule has 6 heteroatoms. The van der Waals surface area contributed by atoms with Crippen LogP contribution < -0.4 is 5.32 Å². The number of aliphatic imine (C=N–C) groups is 1. The molecule has 0 saturated carbocycles. The van der Waals surface area contributed by atoms with Crippen molar-refractivity contribution >= 4 is 5.96 Å². The SMILES string of the molecule is CCCNC(=NC)N(C)Cc1ccc(C(F)(F)F)cc1. The highest BCUT2D eigenvalue weighted by Crippen LogP contribution is 2.29. The van der Waals surface area contributed by atoms with E-state index in [1.165, 1.54) is 12.1 Å². The van der Waals surface area contributed by atoms with Gasteiger partial charge < -0.3 is 10.2 Å². The first kappa shape index (κ1) is 16.3. The fraction of sp³-hybridized carbons (Fsp3) is 0.500. The second kappa shape index (κ2) is 7.17. The summed E-state index contributed by atoms with van der Waals surface area (Å²) >= 11 is 0. The molecule has 0 radical (unpaired) electrons. The molecular weight excluding hydrogens is 267 g/mol. The average Bonchev–Trinajstić information content (AvgIpc) is 2.39. The smallest absolute Gasteiger partial charge is 0.356 e. The zero-order valence-electron chi connectivity index (χ0n) is 12.0. The summed E-state index contributed by atoms with van der Waals surface area (Å²) in [5.74, 6) is 0.728. The summed E-state index contributed by atoms with van der Waals surface area (Å²) in [6.45, 7) is 3.36. The molecule has 20 heavy (non-hydrogen) atoms. The van der Waals surface area contributed by atoms with Gasteiger partial charge in [0.2, 0.25) is 0 Å². The van der Waals surface area contributed by atoms with E-state index in [1.54, 1.807) is 7.05 Å². The molecule has 112 valence electrons. The fourth-order valence-corrected chi connectivity index (χ4v) is 1.77. The Bertz CT molecular complexity index is 438. The molecule has 0 aromatic heterocycles. The van der Waals surface area contributed by atoms with Gasteiger partial charge in [-0.15, -0.1) is 0 Å². The highest BCUT2D eigenvalue weighted by atomic mass is 19.4. The van der Waals surface area contributed by atoms with Crippen LogP contribution in [0.3, 0.4) is 0 Å². The van der Waals surface area contributed by atoms with Gasteiger partial charge in [-0.1, -0.05) is 19.1 Å². The number of halogens is 3. The van der Waals surface area contributed by atoms with Crippen molar-refractivity contribution in [2.75, 3.05) is 20.6 Å². The van der Waals surface area contributed by atoms with Gasteiger partial charge in [0.15, 0.2) is 5.96 Å². The first-order valence-corrected chi connectivity index (χ1v) is 6.46. The lowest BCUT2D eigenvalue weighted by Gasteiger charge is -2.22. The maximum atomic E-state index is 12.5. The molecule has 1 aromatic rings. The van der Waals surface area contributed by atoms with Crippen LogP contribution in [0.4, 0.5) is 13.2 Å². The van der Waals surface area contributed by atoms with Gasteiger partial charge in [0, 0.05) is 27.2 Å². The number of nitrogens with one attached hydrogen (secondary N) is 1. The summed E-state index contributed by atoms with van der Waals surface area (Å²) in [4.78, 5) is 6.00. The second-order valence-corrected chi connectivity index (χ2v) is 4.52. The van der Waals surface area contributed by atoms with Crippen molar-refractivity contribution in [3.8, 4) is 0 Å². The summed E-state index contributed by atoms with van der Waals surface area (Å²) < 4.78 is 37.4. The van der Waals surface area contributed by atoms with Crippen LogP contribution in [0.5, 0.6) is 0 Å². The first-order chi connectivity index (χ1) is 9.38. The molecular formula is C14H20F3N3. The van der Waals surface area contributed by atoms with E-state index in [0.29, 0.717) is 6.54 Å². The van der Waals surface area contributed by atoms with Crippen molar-refractivity contribution in [3.05, 3.63) is 35.4 Å². The molecule has 0 aliphatic carbocycles. The van der Waals surface area contributed by atoms with Gasteiger partial charge >= 0.3 is 6.18 Å². The molecule has 3 nitrogen and oxygen atoms in total. The van der Waals surface area contributed by atoms with E-state index in [1.807, 2.05) is 11.9 Å². The number of alkyl halides is 3. The number of hydrogen-bond donors (Lipinski definition) is 1. The van der Waals surface area contributed by atoms with Crippen LogP contribution in [-0.2, 0) is 12.7 Å². The van der Waals surface area contributed by atoms with E-state index >= 15 is 0 Å². The minimum Gasteiger partial charge on any atom is -0.356 e. The molecule has 0 atom stereocenters. The maximum Gasteiger partial charge on any atom is 0.416 e. The van der Waals surface area contributed by atoms with Crippen molar-refractivity contribution in [3.63, 3.8) is 0 Å². The summed E-state index contributed by atoms with van der Waals surface area (Å²) in [7, 11) is 3.53. The molecule has 0 bridgehead atoms. The number of benzene rings is 1. The zero-order chi connectivity index (χ0) is 15.2. The van der Waals surface area contributed by atoms with E-state index in [0.717, 1.165) is 36.6 Å². The van der Waals surface area contributed by atoms with Gasteiger partial charge in [-0.25, -0.2) is 0 Å². The molecule has 1 aromatic carbocycles. The van der Waals surface area contributed by atoms with Crippen LogP contribution in [0.1, 0.15) is 24.5 Å². The van der Waals surface area contributed by atoms with Crippen molar-refractivity contribution in [2.45, 2.75) is 26.1 Å². The quantitative estimate of drug-likeness (QED) is 0.680. The number of rotatable bonds is 4. The lowest BCUT2D eigenvalue weighted by Crippen LogP contribution is -2.38. The van der Waals surface area contributed by atoms with Gasteiger partial charge in [0.05, 0.1) is 5.56 Å². The van der Waals surface area contributed by atoms with Gasteiger partial charge in [-0.3, -0.25) is 4.99 Å². The Morgan fingerprint density at radius 2 is 1.85 bits per heavy atom. The van der Waals surface area contributed by atoms with Crippen molar-refractivity contribution in [1.29, 1.82) is 0 Å².